The lowest BCUT2D eigenvalue weighted by molar-refractivity contribution is -0.173. The average molecular weight is 2150 g/mol. The first-order valence-electron chi connectivity index (χ1n) is 59.1. The van der Waals surface area contributed by atoms with Crippen molar-refractivity contribution in [3.63, 3.8) is 0 Å². The van der Waals surface area contributed by atoms with Crippen LogP contribution < -0.4 is 37.2 Å². The summed E-state index contributed by atoms with van der Waals surface area (Å²) in [6.07, 6.45) is 10.5. The van der Waals surface area contributed by atoms with Gasteiger partial charge < -0.3 is 42.1 Å². The molecule has 7 N–H and O–H groups in total. The summed E-state index contributed by atoms with van der Waals surface area (Å²) >= 11 is 0. The van der Waals surface area contributed by atoms with Crippen LogP contribution in [0.3, 0.4) is 0 Å². The van der Waals surface area contributed by atoms with Crippen LogP contribution in [-0.2, 0) is 0 Å². The molecule has 10 atom stereocenters. The second kappa shape index (κ2) is 86.4. The highest BCUT2D eigenvalue weighted by Gasteiger charge is 2.49. The van der Waals surface area contributed by atoms with Crippen molar-refractivity contribution in [2.24, 2.45) is 94.2 Å². The summed E-state index contributed by atoms with van der Waals surface area (Å²) in [7, 11) is 2.15. The minimum atomic E-state index is -4.26. The van der Waals surface area contributed by atoms with E-state index in [2.05, 4.69) is 330 Å². The number of hydrogen-bond donors (Lipinski definition) is 7. The molecule has 3 aromatic carbocycles. The quantitative estimate of drug-likeness (QED) is 0.0286. The highest BCUT2D eigenvalue weighted by atomic mass is 19.4. The predicted molar refractivity (Wildman–Crippen MR) is 632 cm³/mol. The molecule has 0 bridgehead atoms. The fraction of sp³-hybridized carbons (Fsp3) is 0.859. The van der Waals surface area contributed by atoms with Gasteiger partial charge >= 0.3 is 18.5 Å². The Kier molecular flexibility index (Phi) is 91.8. The third-order valence-corrected chi connectivity index (χ3v) is 26.7. The van der Waals surface area contributed by atoms with Crippen LogP contribution in [0.2, 0.25) is 0 Å². The van der Waals surface area contributed by atoms with Crippen LogP contribution in [0.15, 0.2) is 91.0 Å². The van der Waals surface area contributed by atoms with E-state index in [1.165, 1.54) is 127 Å². The molecule has 5 fully saturated rings. The SMILES string of the molecule is CC(C)CC(C)C.CC(C)CC(C)C(C)(C)C.CC(C)CC(C)C(C)C.CC(C)CC(C)C(F)(F)F.CC(C)CC(c1ccccc1)C(F)F.CC(C)N(C)C(C)C.CC(C)NC(C)C1CCC1.CC(C)NC(C)c1ccccc1.CC(C)NC(C1CC1)C(F)(F)F.CC(C)NC(c1ccccc1)C(F)(F)F.CC(C)NC1(C)CC1.CC(C)NC1CCC(F)(F)C1.CC(C)NC1CCCC1.CCC(C)CC(C)C.CCCC(C)C. The molecule has 3 aromatic rings. The average Bonchev–Trinajstić information content (AvgIpc) is 1.59. The molecule has 10 unspecified atom stereocenters. The number of nitrogens with zero attached hydrogens (tertiary/aromatic N) is 1. The molecule has 890 valence electrons. The van der Waals surface area contributed by atoms with E-state index in [0.717, 1.165) is 82.7 Å². The van der Waals surface area contributed by atoms with Gasteiger partial charge in [-0.1, -0.05) is 413 Å². The molecule has 0 heterocycles. The zero-order valence-corrected chi connectivity index (χ0v) is 106. The van der Waals surface area contributed by atoms with E-state index in [4.69, 9.17) is 0 Å². The van der Waals surface area contributed by atoms with Crippen LogP contribution in [0.5, 0.6) is 0 Å². The molecular weight excluding hydrogens is 1900 g/mol. The molecule has 0 spiro atoms. The van der Waals surface area contributed by atoms with Crippen molar-refractivity contribution in [3.05, 3.63) is 108 Å². The summed E-state index contributed by atoms with van der Waals surface area (Å²) in [6.45, 7) is 103. The van der Waals surface area contributed by atoms with Crippen molar-refractivity contribution >= 4 is 0 Å². The Morgan fingerprint density at radius 3 is 0.966 bits per heavy atom. The molecular formula is C128H247F13N8. The molecule has 0 amide bonds. The summed E-state index contributed by atoms with van der Waals surface area (Å²) in [5, 5.41) is 22.2. The largest absolute Gasteiger partial charge is 0.407 e. The van der Waals surface area contributed by atoms with Gasteiger partial charge in [-0.25, -0.2) is 17.6 Å². The standard InChI is InChI=1S/C12H16F2.C11H14F3N.C11H17N.C10H22.C9H19N.C9H20.C8H14F3N.C8H15F2N.C8H17N.C8H18.C7H13F3.C7H15N.C7H17N.C7H16.C6H14/c1-9(2)8-11(12(13)14)10-6-4-3-5-7-10;1-8(2)15-10(11(12,13)14)9-6-4-3-5-7-9;1-9(2)12-10(3)11-7-5-4-6-8-11;1-8(2)7-9(3)10(4,5)6;1-7(2)10-8(3)9-5-4-6-9;1-7(2)6-9(5)8(3)4;1-5(2)12-7(6-3-4-6)8(9,10)11;1-6(2)11-7-3-4-8(9,10)5-7;1-7(2)9-8-5-3-4-6-8;1-5-8(4)6-7(2)3;1-5(2)4-6(3)7(8,9)10;1-6(2)8-7(3)4-5-7;1-6(2)8(5)7(3)4;1-6(2)5-7(3)4;1-4-5-6(2)3/h3-7,9,11-12H,8H2,1-2H3;3-8,10,15H,1-2H3;4-10,12H,1-3H3;8-9H,7H2,1-6H3;7-10H,4-6H2,1-3H3;7-9H,6H2,1-5H3;5-7,12H,3-4H2,1-2H3;6-7,11H,3-5H2,1-2H3;7-9H,3-6H2,1-2H3;7-8H,5-6H2,1-4H3;5-6H,4H2,1-3H3;6,8H,4-5H2,1-3H3;6-7H,1-5H3;6-7H,5H2,1-4H3;6H,4-5H2,1-3H3. The van der Waals surface area contributed by atoms with E-state index >= 15 is 0 Å². The number of rotatable bonds is 38. The second-order valence-electron chi connectivity index (χ2n) is 51.9. The van der Waals surface area contributed by atoms with Gasteiger partial charge in [0, 0.05) is 103 Å². The van der Waals surface area contributed by atoms with E-state index < -0.39 is 54.8 Å². The minimum Gasteiger partial charge on any atom is -0.312 e. The highest BCUT2D eigenvalue weighted by Crippen LogP contribution is 2.42. The number of nitrogens with one attached hydrogen (secondary N) is 7. The lowest BCUT2D eigenvalue weighted by atomic mass is 9.78. The topological polar surface area (TPSA) is 87.5 Å². The molecule has 149 heavy (non-hydrogen) atoms. The third-order valence-electron chi connectivity index (χ3n) is 26.7. The molecule has 0 saturated heterocycles. The first kappa shape index (κ1) is 158. The van der Waals surface area contributed by atoms with Gasteiger partial charge in [0.25, 0.3) is 0 Å². The van der Waals surface area contributed by atoms with Crippen LogP contribution in [0.4, 0.5) is 57.1 Å². The summed E-state index contributed by atoms with van der Waals surface area (Å²) in [5.74, 6) is 5.79. The van der Waals surface area contributed by atoms with Gasteiger partial charge in [-0.2, -0.15) is 39.5 Å². The lowest BCUT2D eigenvalue weighted by Gasteiger charge is -2.33. The summed E-state index contributed by atoms with van der Waals surface area (Å²) in [5.41, 5.74) is 3.36. The molecule has 0 radical (unpaired) electrons. The minimum absolute atomic E-state index is 0.0190. The fourth-order valence-electron chi connectivity index (χ4n) is 17.3. The highest BCUT2D eigenvalue weighted by molar-refractivity contribution is 5.22. The van der Waals surface area contributed by atoms with E-state index in [-0.39, 0.29) is 54.8 Å². The van der Waals surface area contributed by atoms with Crippen molar-refractivity contribution in [2.45, 2.75) is 613 Å². The molecule has 21 heteroatoms. The van der Waals surface area contributed by atoms with Crippen LogP contribution >= 0.6 is 0 Å². The Labute approximate surface area is 916 Å². The van der Waals surface area contributed by atoms with Crippen molar-refractivity contribution in [1.29, 1.82) is 0 Å². The monoisotopic (exact) mass is 2140 g/mol. The smallest absolute Gasteiger partial charge is 0.312 e. The molecule has 5 saturated carbocycles. The van der Waals surface area contributed by atoms with E-state index in [1.807, 2.05) is 52.0 Å². The molecule has 8 rings (SSSR count). The number of benzene rings is 3. The zero-order chi connectivity index (χ0) is 118. The van der Waals surface area contributed by atoms with Crippen LogP contribution in [0.25, 0.3) is 0 Å². The Morgan fingerprint density at radius 1 is 0.362 bits per heavy atom. The van der Waals surface area contributed by atoms with Crippen molar-refractivity contribution < 1.29 is 57.1 Å². The normalized spacial score (nSPS) is 17.2. The van der Waals surface area contributed by atoms with Gasteiger partial charge in [0.2, 0.25) is 12.3 Å². The molecule has 5 aliphatic carbocycles. The number of alkyl halides is 13. The first-order valence-corrected chi connectivity index (χ1v) is 59.1. The summed E-state index contributed by atoms with van der Waals surface area (Å²) in [6, 6.07) is 30.5. The van der Waals surface area contributed by atoms with Crippen molar-refractivity contribution in [2.75, 3.05) is 7.05 Å². The molecule has 5 aliphatic rings. The van der Waals surface area contributed by atoms with E-state index in [1.54, 1.807) is 71.9 Å². The molecule has 8 nitrogen and oxygen atoms in total. The van der Waals surface area contributed by atoms with Gasteiger partial charge in [0.1, 0.15) is 12.1 Å². The molecule has 0 aromatic heterocycles. The first-order chi connectivity index (χ1) is 68.1. The van der Waals surface area contributed by atoms with Crippen molar-refractivity contribution in [3.8, 4) is 0 Å². The Morgan fingerprint density at radius 2 is 0.745 bits per heavy atom. The van der Waals surface area contributed by atoms with Crippen LogP contribution in [-0.4, -0.2) is 127 Å². The van der Waals surface area contributed by atoms with Crippen LogP contribution in [0, 0.1) is 94.2 Å². The van der Waals surface area contributed by atoms with Gasteiger partial charge in [0.05, 0.1) is 5.92 Å². The zero-order valence-electron chi connectivity index (χ0n) is 106. The Hall–Kier alpha value is -3.57. The maximum atomic E-state index is 12.7. The number of hydrogen-bond acceptors (Lipinski definition) is 8. The summed E-state index contributed by atoms with van der Waals surface area (Å²) < 4.78 is 161. The Balaban J connectivity index is -0.000000292. The lowest BCUT2D eigenvalue weighted by Crippen LogP contribution is -2.46. The van der Waals surface area contributed by atoms with E-state index in [0.29, 0.717) is 90.9 Å². The van der Waals surface area contributed by atoms with Gasteiger partial charge in [-0.3, -0.25) is 0 Å². The third kappa shape index (κ3) is 101. The Bertz CT molecular complexity index is 3320. The van der Waals surface area contributed by atoms with Gasteiger partial charge in [-0.05, 0) is 257 Å². The maximum absolute atomic E-state index is 12.7. The van der Waals surface area contributed by atoms with E-state index in [9.17, 15) is 57.1 Å². The second-order valence-corrected chi connectivity index (χ2v) is 51.9. The fourth-order valence-corrected chi connectivity index (χ4v) is 17.3. The maximum Gasteiger partial charge on any atom is 0.407 e. The van der Waals surface area contributed by atoms with Crippen LogP contribution in [0.1, 0.15) is 515 Å². The van der Waals surface area contributed by atoms with Gasteiger partial charge in [-0.15, -0.1) is 0 Å². The summed E-state index contributed by atoms with van der Waals surface area (Å²) in [4.78, 5) is 2.33. The number of halogens is 13. The van der Waals surface area contributed by atoms with Crippen molar-refractivity contribution in [1.82, 2.24) is 42.1 Å². The molecule has 0 aliphatic heterocycles. The van der Waals surface area contributed by atoms with Gasteiger partial charge in [0.15, 0.2) is 0 Å². The predicted octanol–water partition coefficient (Wildman–Crippen LogP) is 40.5.